The normalized spacial score (nSPS) is 16.4. The number of benzene rings is 1. The highest BCUT2D eigenvalue weighted by Gasteiger charge is 2.31. The predicted octanol–water partition coefficient (Wildman–Crippen LogP) is 3.29. The Balaban J connectivity index is 0.00000242. The third-order valence-corrected chi connectivity index (χ3v) is 3.38. The van der Waals surface area contributed by atoms with Crippen molar-refractivity contribution in [3.05, 3.63) is 29.8 Å². The summed E-state index contributed by atoms with van der Waals surface area (Å²) in [4.78, 5) is 2.17. The fraction of sp³-hybridized carbons (Fsp3) is 0.500. The van der Waals surface area contributed by atoms with Crippen molar-refractivity contribution in [1.29, 1.82) is 5.26 Å². The van der Waals surface area contributed by atoms with E-state index in [1.807, 2.05) is 0 Å². The zero-order chi connectivity index (χ0) is 15.3. The number of rotatable bonds is 4. The van der Waals surface area contributed by atoms with Crippen LogP contribution in [0.2, 0.25) is 0 Å². The first kappa shape index (κ1) is 21.8. The largest absolute Gasteiger partial charge is 0.573 e. The molecule has 4 nitrogen and oxygen atoms in total. The Bertz CT molecular complexity index is 499. The zero-order valence-electron chi connectivity index (χ0n) is 12.2. The van der Waals surface area contributed by atoms with Crippen LogP contribution in [0.15, 0.2) is 24.3 Å². The number of nitrogens with zero attached hydrogens (tertiary/aromatic N) is 2. The highest BCUT2D eigenvalue weighted by molar-refractivity contribution is 5.85. The Morgan fingerprint density at radius 1 is 1.17 bits per heavy atom. The van der Waals surface area contributed by atoms with E-state index in [-0.39, 0.29) is 36.6 Å². The van der Waals surface area contributed by atoms with Crippen LogP contribution >= 0.6 is 24.8 Å². The molecule has 9 heteroatoms. The molecule has 1 heterocycles. The highest BCUT2D eigenvalue weighted by Crippen LogP contribution is 2.28. The molecule has 0 aliphatic carbocycles. The van der Waals surface area contributed by atoms with Gasteiger partial charge in [-0.1, -0.05) is 12.1 Å². The molecule has 1 saturated heterocycles. The van der Waals surface area contributed by atoms with E-state index in [4.69, 9.17) is 5.26 Å². The number of hydrogen-bond acceptors (Lipinski definition) is 4. The Labute approximate surface area is 145 Å². The summed E-state index contributed by atoms with van der Waals surface area (Å²) in [5, 5.41) is 12.2. The van der Waals surface area contributed by atoms with Crippen molar-refractivity contribution >= 4 is 24.8 Å². The number of piperazine rings is 1. The average molecular weight is 372 g/mol. The fourth-order valence-electron chi connectivity index (χ4n) is 2.43. The molecule has 0 saturated carbocycles. The molecule has 130 valence electrons. The van der Waals surface area contributed by atoms with Crippen molar-refractivity contribution in [1.82, 2.24) is 10.2 Å². The average Bonchev–Trinajstić information content (AvgIpc) is 2.45. The maximum absolute atomic E-state index is 12.1. The van der Waals surface area contributed by atoms with Gasteiger partial charge in [-0.25, -0.2) is 0 Å². The minimum atomic E-state index is -4.69. The predicted molar refractivity (Wildman–Crippen MR) is 85.0 cm³/mol. The molecule has 1 fully saturated rings. The van der Waals surface area contributed by atoms with Crippen molar-refractivity contribution in [2.45, 2.75) is 18.8 Å². The molecule has 1 atom stereocenters. The molecule has 0 aromatic heterocycles. The summed E-state index contributed by atoms with van der Waals surface area (Å²) in [6, 6.07) is 7.79. The van der Waals surface area contributed by atoms with E-state index >= 15 is 0 Å². The van der Waals surface area contributed by atoms with Gasteiger partial charge in [0.05, 0.1) is 12.5 Å². The van der Waals surface area contributed by atoms with Crippen LogP contribution in [-0.4, -0.2) is 37.4 Å². The molecule has 1 aliphatic rings. The summed E-state index contributed by atoms with van der Waals surface area (Å²) >= 11 is 0. The van der Waals surface area contributed by atoms with Crippen LogP contribution in [0.3, 0.4) is 0 Å². The van der Waals surface area contributed by atoms with Gasteiger partial charge in [-0.3, -0.25) is 4.90 Å². The second-order valence-corrected chi connectivity index (χ2v) is 4.78. The molecule has 0 spiro atoms. The van der Waals surface area contributed by atoms with Gasteiger partial charge in [-0.2, -0.15) is 5.26 Å². The van der Waals surface area contributed by atoms with Gasteiger partial charge in [0.15, 0.2) is 0 Å². The third-order valence-electron chi connectivity index (χ3n) is 3.38. The second kappa shape index (κ2) is 9.83. The maximum Gasteiger partial charge on any atom is 0.573 e. The lowest BCUT2D eigenvalue weighted by Crippen LogP contribution is -2.45. The molecule has 1 aromatic rings. The van der Waals surface area contributed by atoms with E-state index in [1.54, 1.807) is 12.1 Å². The van der Waals surface area contributed by atoms with Crippen molar-refractivity contribution in [2.75, 3.05) is 26.2 Å². The highest BCUT2D eigenvalue weighted by atomic mass is 35.5. The van der Waals surface area contributed by atoms with Crippen LogP contribution < -0.4 is 10.1 Å². The lowest BCUT2D eigenvalue weighted by atomic mass is 10.0. The maximum atomic E-state index is 12.1. The van der Waals surface area contributed by atoms with Crippen molar-refractivity contribution in [2.24, 2.45) is 0 Å². The number of halogens is 5. The molecule has 0 unspecified atom stereocenters. The molecule has 0 amide bonds. The summed E-state index contributed by atoms with van der Waals surface area (Å²) in [5.74, 6) is -0.248. The Kier molecular flexibility index (Phi) is 9.32. The topological polar surface area (TPSA) is 48.3 Å². The molecule has 2 rings (SSSR count). The van der Waals surface area contributed by atoms with Crippen LogP contribution in [0, 0.1) is 11.3 Å². The number of ether oxygens (including phenoxy) is 1. The Morgan fingerprint density at radius 3 is 2.22 bits per heavy atom. The van der Waals surface area contributed by atoms with Crippen molar-refractivity contribution in [3.63, 3.8) is 0 Å². The summed E-state index contributed by atoms with van der Waals surface area (Å²) in [5.41, 5.74) is 0.827. The van der Waals surface area contributed by atoms with E-state index in [0.29, 0.717) is 6.42 Å². The first-order valence-corrected chi connectivity index (χ1v) is 6.67. The fourth-order valence-corrected chi connectivity index (χ4v) is 2.43. The molecule has 0 radical (unpaired) electrons. The van der Waals surface area contributed by atoms with Crippen LogP contribution in [0.1, 0.15) is 18.0 Å². The van der Waals surface area contributed by atoms with E-state index < -0.39 is 6.36 Å². The van der Waals surface area contributed by atoms with E-state index in [0.717, 1.165) is 31.7 Å². The van der Waals surface area contributed by atoms with Crippen LogP contribution in [-0.2, 0) is 0 Å². The SMILES string of the molecule is Cl.Cl.N#CC[C@H](c1ccc(OC(F)(F)F)cc1)N1CCNCC1. The van der Waals surface area contributed by atoms with E-state index in [2.05, 4.69) is 21.0 Å². The van der Waals surface area contributed by atoms with Crippen molar-refractivity contribution < 1.29 is 17.9 Å². The van der Waals surface area contributed by atoms with E-state index in [1.165, 1.54) is 12.1 Å². The molecule has 1 aromatic carbocycles. The molecule has 0 bridgehead atoms. The first-order chi connectivity index (χ1) is 9.99. The van der Waals surface area contributed by atoms with Crippen molar-refractivity contribution in [3.8, 4) is 11.8 Å². The standard InChI is InChI=1S/C14H16F3N3O.2ClH/c15-14(16,17)21-12-3-1-11(2-4-12)13(5-6-18)20-9-7-19-8-10-20;;/h1-4,13,19H,5,7-10H2;2*1H/t13-;;/m1../s1. The van der Waals surface area contributed by atoms with Crippen LogP contribution in [0.25, 0.3) is 0 Å². The number of hydrogen-bond donors (Lipinski definition) is 1. The smallest absolute Gasteiger partial charge is 0.406 e. The van der Waals surface area contributed by atoms with Gasteiger partial charge < -0.3 is 10.1 Å². The molecule has 1 aliphatic heterocycles. The van der Waals surface area contributed by atoms with Gasteiger partial charge in [-0.05, 0) is 17.7 Å². The van der Waals surface area contributed by atoms with Gasteiger partial charge in [0.2, 0.25) is 0 Å². The monoisotopic (exact) mass is 371 g/mol. The summed E-state index contributed by atoms with van der Waals surface area (Å²) in [6.07, 6.45) is -4.38. The number of alkyl halides is 3. The van der Waals surface area contributed by atoms with Gasteiger partial charge in [0.1, 0.15) is 5.75 Å². The van der Waals surface area contributed by atoms with Gasteiger partial charge in [0.25, 0.3) is 0 Å². The first-order valence-electron chi connectivity index (χ1n) is 6.67. The van der Waals surface area contributed by atoms with E-state index in [9.17, 15) is 13.2 Å². The van der Waals surface area contributed by atoms with Crippen LogP contribution in [0.4, 0.5) is 13.2 Å². The third kappa shape index (κ3) is 6.83. The quantitative estimate of drug-likeness (QED) is 0.881. The number of nitrogens with one attached hydrogen (secondary N) is 1. The Hall–Kier alpha value is -1.20. The summed E-state index contributed by atoms with van der Waals surface area (Å²) < 4.78 is 40.2. The zero-order valence-corrected chi connectivity index (χ0v) is 13.8. The number of nitriles is 1. The molecule has 1 N–H and O–H groups in total. The molecular weight excluding hydrogens is 354 g/mol. The van der Waals surface area contributed by atoms with Crippen LogP contribution in [0.5, 0.6) is 5.75 Å². The van der Waals surface area contributed by atoms with Gasteiger partial charge in [-0.15, -0.1) is 38.0 Å². The summed E-state index contributed by atoms with van der Waals surface area (Å²) in [7, 11) is 0. The molecular formula is C14H18Cl2F3N3O. The molecule has 23 heavy (non-hydrogen) atoms. The summed E-state index contributed by atoms with van der Waals surface area (Å²) in [6.45, 7) is 3.31. The second-order valence-electron chi connectivity index (χ2n) is 4.78. The van der Waals surface area contributed by atoms with Gasteiger partial charge in [0, 0.05) is 32.2 Å². The van der Waals surface area contributed by atoms with Gasteiger partial charge >= 0.3 is 6.36 Å². The lowest BCUT2D eigenvalue weighted by Gasteiger charge is -2.34. The minimum Gasteiger partial charge on any atom is -0.406 e. The lowest BCUT2D eigenvalue weighted by molar-refractivity contribution is -0.274. The minimum absolute atomic E-state index is 0. The Morgan fingerprint density at radius 2 is 1.74 bits per heavy atom.